The van der Waals surface area contributed by atoms with E-state index in [2.05, 4.69) is 295 Å². The second kappa shape index (κ2) is 18.1. The van der Waals surface area contributed by atoms with Gasteiger partial charge in [0.1, 0.15) is 0 Å². The van der Waals surface area contributed by atoms with Crippen molar-refractivity contribution in [1.82, 2.24) is 9.13 Å². The van der Waals surface area contributed by atoms with Gasteiger partial charge in [-0.05, 0) is 203 Å². The summed E-state index contributed by atoms with van der Waals surface area (Å²) in [5.74, 6) is 0.493. The molecule has 0 radical (unpaired) electrons. The summed E-state index contributed by atoms with van der Waals surface area (Å²) in [5.41, 5.74) is 30.7. The molecule has 14 aromatic rings. The van der Waals surface area contributed by atoms with Crippen molar-refractivity contribution in [3.05, 3.63) is 312 Å². The Balaban J connectivity index is 0.807. The molecule has 12 aromatic carbocycles. The summed E-state index contributed by atoms with van der Waals surface area (Å²) in [7, 11) is 0. The van der Waals surface area contributed by atoms with Gasteiger partial charge in [-0.3, -0.25) is 0 Å². The van der Waals surface area contributed by atoms with Crippen LogP contribution in [-0.2, 0) is 11.8 Å². The molecule has 0 bridgehead atoms. The van der Waals surface area contributed by atoms with Gasteiger partial charge in [-0.15, -0.1) is 0 Å². The molecular formula is C82H56N2. The van der Waals surface area contributed by atoms with E-state index < -0.39 is 0 Å². The van der Waals surface area contributed by atoms with Crippen LogP contribution in [0.5, 0.6) is 0 Å². The number of benzene rings is 12. The third kappa shape index (κ3) is 6.68. The largest absolute Gasteiger partial charge is 0.309 e. The van der Waals surface area contributed by atoms with Gasteiger partial charge < -0.3 is 9.13 Å². The fraction of sp³-hybridized carbons (Fsp3) is 0.0732. The SMILES string of the molecule is CC1C=CC2=C(C1)c1ccccc1C21c2ccccc2-c2ccc(-c3ccc4c(c3)c3cc(-c5ccc(-n6c7ccccc7c7ccccc76)cc5)ccc3n4-c3ccc(-c4c5c(c(-c6ccccc6)c6ccccc46)CCC=C5)cc3)cc21. The number of hydrogen-bond donors (Lipinski definition) is 0. The number of allylic oxidation sites excluding steroid dienone is 5. The molecule has 2 atom stereocenters. The highest BCUT2D eigenvalue weighted by molar-refractivity contribution is 6.14. The van der Waals surface area contributed by atoms with Crippen molar-refractivity contribution >= 4 is 66.0 Å². The highest BCUT2D eigenvalue weighted by Crippen LogP contribution is 2.64. The molecule has 0 fully saturated rings. The number of hydrogen-bond acceptors (Lipinski definition) is 0. The van der Waals surface area contributed by atoms with Crippen LogP contribution < -0.4 is 0 Å². The Morgan fingerprint density at radius 3 is 1.54 bits per heavy atom. The van der Waals surface area contributed by atoms with Crippen LogP contribution in [0.3, 0.4) is 0 Å². The van der Waals surface area contributed by atoms with Crippen LogP contribution in [0.15, 0.2) is 279 Å². The van der Waals surface area contributed by atoms with Crippen molar-refractivity contribution < 1.29 is 0 Å². The summed E-state index contributed by atoms with van der Waals surface area (Å²) in [4.78, 5) is 0. The minimum Gasteiger partial charge on any atom is -0.309 e. The van der Waals surface area contributed by atoms with E-state index in [4.69, 9.17) is 0 Å². The lowest BCUT2D eigenvalue weighted by molar-refractivity contribution is 0.725. The molecule has 0 saturated heterocycles. The molecule has 4 aliphatic rings. The fourth-order valence-corrected chi connectivity index (χ4v) is 15.8. The molecule has 2 unspecified atom stereocenters. The van der Waals surface area contributed by atoms with Gasteiger partial charge in [0.2, 0.25) is 0 Å². The van der Waals surface area contributed by atoms with E-state index in [-0.39, 0.29) is 5.41 Å². The fourth-order valence-electron chi connectivity index (χ4n) is 15.8. The predicted molar refractivity (Wildman–Crippen MR) is 353 cm³/mol. The number of para-hydroxylation sites is 2. The third-order valence-electron chi connectivity index (χ3n) is 19.4. The molecule has 2 aromatic heterocycles. The Morgan fingerprint density at radius 1 is 0.369 bits per heavy atom. The highest BCUT2D eigenvalue weighted by atomic mass is 15.0. The maximum absolute atomic E-state index is 2.54. The molecule has 0 aliphatic heterocycles. The van der Waals surface area contributed by atoms with Crippen molar-refractivity contribution in [1.29, 1.82) is 0 Å². The second-order valence-electron chi connectivity index (χ2n) is 23.8. The van der Waals surface area contributed by atoms with E-state index in [0.717, 1.165) is 30.6 Å². The Hall–Kier alpha value is -10.3. The lowest BCUT2D eigenvalue weighted by Gasteiger charge is -2.33. The van der Waals surface area contributed by atoms with Crippen LogP contribution in [0, 0.1) is 5.92 Å². The molecule has 0 amide bonds. The standard InChI is InChI=1S/C82H56N2/c1-51-31-44-74-69(47-51)61-20-10-14-28-73(61)82(74)72-27-13-9-19-60(72)62-43-36-57(50-75(62)82)56-38-46-79-71(49-56)70-48-55(52-32-39-58(40-33-52)83-76-29-15-11-21-63(76)64-22-12-16-30-77(64)83)37-45-78(70)84(79)59-41-34-54(35-42-59)81-67-25-7-5-23-65(67)80(53-17-3-2-4-18-53)66-24-6-8-26-68(66)81/h2-5,7-23,25-46,48-51H,6,24,47H2,1H3. The average molecular weight is 1070 g/mol. The summed E-state index contributed by atoms with van der Waals surface area (Å²) in [6.07, 6.45) is 12.8. The average Bonchev–Trinajstić information content (AvgIpc) is 1.66. The maximum Gasteiger partial charge on any atom is 0.0722 e. The number of aromatic nitrogens is 2. The summed E-state index contributed by atoms with van der Waals surface area (Å²) >= 11 is 0. The summed E-state index contributed by atoms with van der Waals surface area (Å²) in [5, 5.41) is 7.60. The second-order valence-corrected chi connectivity index (χ2v) is 23.8. The molecule has 0 N–H and O–H groups in total. The van der Waals surface area contributed by atoms with Crippen LogP contribution in [0.25, 0.3) is 133 Å². The topological polar surface area (TPSA) is 9.86 Å². The van der Waals surface area contributed by atoms with Gasteiger partial charge in [0.25, 0.3) is 0 Å². The third-order valence-corrected chi connectivity index (χ3v) is 19.4. The minimum atomic E-state index is -0.380. The lowest BCUT2D eigenvalue weighted by atomic mass is 9.68. The van der Waals surface area contributed by atoms with Crippen LogP contribution in [0.4, 0.5) is 0 Å². The minimum absolute atomic E-state index is 0.380. The van der Waals surface area contributed by atoms with E-state index in [1.165, 1.54) is 155 Å². The molecule has 18 rings (SSSR count). The van der Waals surface area contributed by atoms with Crippen LogP contribution in [0.2, 0.25) is 0 Å². The molecule has 394 valence electrons. The molecule has 84 heavy (non-hydrogen) atoms. The first-order valence-electron chi connectivity index (χ1n) is 29.9. The highest BCUT2D eigenvalue weighted by Gasteiger charge is 2.52. The molecule has 1 spiro atoms. The van der Waals surface area contributed by atoms with E-state index in [0.29, 0.717) is 5.92 Å². The summed E-state index contributed by atoms with van der Waals surface area (Å²) in [6.45, 7) is 2.36. The lowest BCUT2D eigenvalue weighted by Crippen LogP contribution is -2.27. The smallest absolute Gasteiger partial charge is 0.0722 e. The molecule has 0 saturated carbocycles. The van der Waals surface area contributed by atoms with Crippen molar-refractivity contribution in [2.45, 2.75) is 31.6 Å². The number of fused-ring (bicyclic) bond motifs is 17. The van der Waals surface area contributed by atoms with Gasteiger partial charge in [-0.2, -0.15) is 0 Å². The zero-order chi connectivity index (χ0) is 55.2. The van der Waals surface area contributed by atoms with Gasteiger partial charge in [-0.1, -0.05) is 219 Å². The van der Waals surface area contributed by atoms with Crippen LogP contribution >= 0.6 is 0 Å². The predicted octanol–water partition coefficient (Wildman–Crippen LogP) is 21.3. The first kappa shape index (κ1) is 47.4. The molecule has 2 heterocycles. The Bertz CT molecular complexity index is 5160. The Morgan fingerprint density at radius 2 is 0.857 bits per heavy atom. The van der Waals surface area contributed by atoms with Crippen LogP contribution in [0.1, 0.15) is 53.1 Å². The van der Waals surface area contributed by atoms with Gasteiger partial charge in [-0.25, -0.2) is 0 Å². The molecule has 2 heteroatoms. The van der Waals surface area contributed by atoms with Crippen LogP contribution in [-0.4, -0.2) is 9.13 Å². The summed E-state index contributed by atoms with van der Waals surface area (Å²) < 4.78 is 4.90. The van der Waals surface area contributed by atoms with Gasteiger partial charge in [0, 0.05) is 32.9 Å². The van der Waals surface area contributed by atoms with Crippen molar-refractivity contribution in [3.8, 4) is 67.0 Å². The first-order chi connectivity index (χ1) is 41.6. The zero-order valence-corrected chi connectivity index (χ0v) is 46.7. The summed E-state index contributed by atoms with van der Waals surface area (Å²) in [6, 6.07) is 96.3. The quantitative estimate of drug-likeness (QED) is 0.157. The number of nitrogens with zero attached hydrogens (tertiary/aromatic N) is 2. The van der Waals surface area contributed by atoms with Crippen molar-refractivity contribution in [3.63, 3.8) is 0 Å². The van der Waals surface area contributed by atoms with Gasteiger partial charge >= 0.3 is 0 Å². The normalized spacial score (nSPS) is 16.5. The molecule has 2 nitrogen and oxygen atoms in total. The van der Waals surface area contributed by atoms with Gasteiger partial charge in [0.15, 0.2) is 0 Å². The van der Waals surface area contributed by atoms with E-state index in [1.807, 2.05) is 0 Å². The first-order valence-corrected chi connectivity index (χ1v) is 29.9. The van der Waals surface area contributed by atoms with E-state index >= 15 is 0 Å². The molecular weight excluding hydrogens is 1010 g/mol. The Labute approximate surface area is 488 Å². The monoisotopic (exact) mass is 1070 g/mol. The zero-order valence-electron chi connectivity index (χ0n) is 46.7. The van der Waals surface area contributed by atoms with Gasteiger partial charge in [0.05, 0.1) is 27.5 Å². The number of rotatable bonds is 6. The van der Waals surface area contributed by atoms with E-state index in [9.17, 15) is 0 Å². The van der Waals surface area contributed by atoms with Crippen molar-refractivity contribution in [2.24, 2.45) is 5.92 Å². The Kier molecular flexibility index (Phi) is 10.2. The van der Waals surface area contributed by atoms with E-state index in [1.54, 1.807) is 0 Å². The molecule has 4 aliphatic carbocycles. The maximum atomic E-state index is 2.54. The van der Waals surface area contributed by atoms with Crippen molar-refractivity contribution in [2.75, 3.05) is 0 Å².